The quantitative estimate of drug-likeness (QED) is 0.593. The zero-order valence-electron chi connectivity index (χ0n) is 17.8. The van der Waals surface area contributed by atoms with Crippen molar-refractivity contribution in [3.05, 3.63) is 53.9 Å². The van der Waals surface area contributed by atoms with Gasteiger partial charge in [0.05, 0.1) is 22.3 Å². The summed E-state index contributed by atoms with van der Waals surface area (Å²) in [5.74, 6) is -0.0791. The molecule has 0 spiro atoms. The van der Waals surface area contributed by atoms with Crippen molar-refractivity contribution in [1.82, 2.24) is 13.9 Å². The second-order valence-electron chi connectivity index (χ2n) is 7.29. The van der Waals surface area contributed by atoms with E-state index in [1.54, 1.807) is 24.5 Å². The molecule has 0 bridgehead atoms. The average Bonchev–Trinajstić information content (AvgIpc) is 3.11. The van der Waals surface area contributed by atoms with Gasteiger partial charge in [0.25, 0.3) is 0 Å². The predicted molar refractivity (Wildman–Crippen MR) is 119 cm³/mol. The Morgan fingerprint density at radius 1 is 1.10 bits per heavy atom. The molecule has 0 aliphatic rings. The Kier molecular flexibility index (Phi) is 6.58. The number of aryl methyl sites for hydroxylation is 3. The average molecular weight is 429 g/mol. The van der Waals surface area contributed by atoms with E-state index in [1.165, 1.54) is 4.31 Å². The number of imidazole rings is 1. The second-order valence-corrected chi connectivity index (χ2v) is 9.23. The number of benzene rings is 2. The van der Waals surface area contributed by atoms with E-state index in [-0.39, 0.29) is 17.2 Å². The lowest BCUT2D eigenvalue weighted by molar-refractivity contribution is -0.116. The van der Waals surface area contributed by atoms with Crippen LogP contribution in [0.4, 0.5) is 5.69 Å². The second kappa shape index (κ2) is 8.97. The molecular formula is C22H28N4O3S. The number of rotatable bonds is 8. The molecule has 2 aromatic carbocycles. The summed E-state index contributed by atoms with van der Waals surface area (Å²) >= 11 is 0. The minimum atomic E-state index is -3.53. The fourth-order valence-corrected chi connectivity index (χ4v) is 4.96. The molecule has 1 aromatic heterocycles. The van der Waals surface area contributed by atoms with E-state index < -0.39 is 10.0 Å². The van der Waals surface area contributed by atoms with E-state index in [0.29, 0.717) is 25.2 Å². The molecule has 1 amide bonds. The topological polar surface area (TPSA) is 84.3 Å². The third-order valence-electron chi connectivity index (χ3n) is 5.17. The number of carbonyl (C=O) groups excluding carboxylic acids is 1. The van der Waals surface area contributed by atoms with Gasteiger partial charge in [0.1, 0.15) is 0 Å². The summed E-state index contributed by atoms with van der Waals surface area (Å²) < 4.78 is 28.7. The minimum absolute atomic E-state index is 0.0791. The number of nitrogens with zero attached hydrogens (tertiary/aromatic N) is 3. The van der Waals surface area contributed by atoms with Gasteiger partial charge in [-0.3, -0.25) is 4.79 Å². The van der Waals surface area contributed by atoms with Crippen molar-refractivity contribution in [2.75, 3.05) is 18.4 Å². The standard InChI is InChI=1S/C22H28N4O3S/c1-5-26(6-2)30(28,29)18-8-10-21-20(14-18)23-15-25(21)12-11-22(27)24-19-9-7-16(3)13-17(19)4/h7-10,13-15H,5-6,11-12H2,1-4H3,(H,24,27). The van der Waals surface area contributed by atoms with Crippen molar-refractivity contribution in [2.24, 2.45) is 0 Å². The van der Waals surface area contributed by atoms with E-state index >= 15 is 0 Å². The molecule has 0 fully saturated rings. The van der Waals surface area contributed by atoms with Crippen molar-refractivity contribution < 1.29 is 13.2 Å². The Labute approximate surface area is 177 Å². The first-order valence-corrected chi connectivity index (χ1v) is 11.5. The Hall–Kier alpha value is -2.71. The molecule has 8 heteroatoms. The summed E-state index contributed by atoms with van der Waals surface area (Å²) in [5, 5.41) is 2.94. The summed E-state index contributed by atoms with van der Waals surface area (Å²) in [5.41, 5.74) is 4.38. The molecule has 0 radical (unpaired) electrons. The molecule has 0 aliphatic heterocycles. The fourth-order valence-electron chi connectivity index (χ4n) is 3.48. The van der Waals surface area contributed by atoms with Gasteiger partial charge in [-0.25, -0.2) is 13.4 Å². The van der Waals surface area contributed by atoms with Crippen molar-refractivity contribution >= 4 is 32.7 Å². The van der Waals surface area contributed by atoms with Crippen LogP contribution in [0.25, 0.3) is 11.0 Å². The maximum absolute atomic E-state index is 12.7. The van der Waals surface area contributed by atoms with Crippen molar-refractivity contribution in [3.8, 4) is 0 Å². The molecule has 1 heterocycles. The van der Waals surface area contributed by atoms with E-state index in [9.17, 15) is 13.2 Å². The van der Waals surface area contributed by atoms with Crippen LogP contribution in [-0.4, -0.2) is 41.3 Å². The number of amides is 1. The molecule has 0 atom stereocenters. The molecule has 160 valence electrons. The third kappa shape index (κ3) is 4.55. The Balaban J connectivity index is 1.72. The first kappa shape index (κ1) is 22.0. The Bertz CT molecular complexity index is 1160. The van der Waals surface area contributed by atoms with Gasteiger partial charge in [-0.15, -0.1) is 0 Å². The molecule has 30 heavy (non-hydrogen) atoms. The maximum Gasteiger partial charge on any atom is 0.243 e. The van der Waals surface area contributed by atoms with E-state index in [0.717, 1.165) is 22.3 Å². The first-order valence-electron chi connectivity index (χ1n) is 10.1. The normalized spacial score (nSPS) is 11.9. The van der Waals surface area contributed by atoms with Crippen LogP contribution in [0, 0.1) is 13.8 Å². The van der Waals surface area contributed by atoms with Crippen LogP contribution in [0.15, 0.2) is 47.6 Å². The highest BCUT2D eigenvalue weighted by Crippen LogP contribution is 2.22. The van der Waals surface area contributed by atoms with Crippen LogP contribution in [0.5, 0.6) is 0 Å². The van der Waals surface area contributed by atoms with Gasteiger partial charge in [0, 0.05) is 31.7 Å². The van der Waals surface area contributed by atoms with Crippen LogP contribution in [0.3, 0.4) is 0 Å². The molecule has 1 N–H and O–H groups in total. The lowest BCUT2D eigenvalue weighted by Crippen LogP contribution is -2.30. The van der Waals surface area contributed by atoms with Gasteiger partial charge >= 0.3 is 0 Å². The largest absolute Gasteiger partial charge is 0.330 e. The number of nitrogens with one attached hydrogen (secondary N) is 1. The molecule has 3 rings (SSSR count). The maximum atomic E-state index is 12.7. The molecule has 3 aromatic rings. The lowest BCUT2D eigenvalue weighted by Gasteiger charge is -2.18. The molecular weight excluding hydrogens is 400 g/mol. The number of aromatic nitrogens is 2. The number of hydrogen-bond acceptors (Lipinski definition) is 4. The Morgan fingerprint density at radius 2 is 1.83 bits per heavy atom. The Morgan fingerprint density at radius 3 is 2.50 bits per heavy atom. The van der Waals surface area contributed by atoms with Gasteiger partial charge < -0.3 is 9.88 Å². The zero-order valence-corrected chi connectivity index (χ0v) is 18.7. The van der Waals surface area contributed by atoms with Gasteiger partial charge in [-0.1, -0.05) is 31.5 Å². The number of sulfonamides is 1. The van der Waals surface area contributed by atoms with Crippen molar-refractivity contribution in [2.45, 2.75) is 45.6 Å². The van der Waals surface area contributed by atoms with E-state index in [1.807, 2.05) is 50.5 Å². The summed E-state index contributed by atoms with van der Waals surface area (Å²) in [6, 6.07) is 10.9. The molecule has 0 aliphatic carbocycles. The van der Waals surface area contributed by atoms with E-state index in [2.05, 4.69) is 10.3 Å². The highest BCUT2D eigenvalue weighted by molar-refractivity contribution is 7.89. The van der Waals surface area contributed by atoms with Crippen LogP contribution >= 0.6 is 0 Å². The van der Waals surface area contributed by atoms with Crippen molar-refractivity contribution in [3.63, 3.8) is 0 Å². The van der Waals surface area contributed by atoms with Crippen molar-refractivity contribution in [1.29, 1.82) is 0 Å². The summed E-state index contributed by atoms with van der Waals surface area (Å²) in [6.07, 6.45) is 1.93. The first-order chi connectivity index (χ1) is 14.3. The summed E-state index contributed by atoms with van der Waals surface area (Å²) in [7, 11) is -3.53. The van der Waals surface area contributed by atoms with Gasteiger partial charge in [-0.2, -0.15) is 4.31 Å². The van der Waals surface area contributed by atoms with Gasteiger partial charge in [-0.05, 0) is 43.7 Å². The monoisotopic (exact) mass is 428 g/mol. The predicted octanol–water partition coefficient (Wildman–Crippen LogP) is 3.71. The van der Waals surface area contributed by atoms with Crippen LogP contribution < -0.4 is 5.32 Å². The molecule has 0 saturated carbocycles. The molecule has 0 saturated heterocycles. The summed E-state index contributed by atoms with van der Waals surface area (Å²) in [6.45, 7) is 8.91. The lowest BCUT2D eigenvalue weighted by atomic mass is 10.1. The number of fused-ring (bicyclic) bond motifs is 1. The van der Waals surface area contributed by atoms with Crippen LogP contribution in [0.2, 0.25) is 0 Å². The number of hydrogen-bond donors (Lipinski definition) is 1. The van der Waals surface area contributed by atoms with Gasteiger partial charge in [0.2, 0.25) is 15.9 Å². The molecule has 7 nitrogen and oxygen atoms in total. The van der Waals surface area contributed by atoms with Gasteiger partial charge in [0.15, 0.2) is 0 Å². The highest BCUT2D eigenvalue weighted by atomic mass is 32.2. The van der Waals surface area contributed by atoms with Crippen LogP contribution in [0.1, 0.15) is 31.4 Å². The highest BCUT2D eigenvalue weighted by Gasteiger charge is 2.22. The van der Waals surface area contributed by atoms with Crippen LogP contribution in [-0.2, 0) is 21.4 Å². The fraction of sp³-hybridized carbons (Fsp3) is 0.364. The zero-order chi connectivity index (χ0) is 21.9. The SMILES string of the molecule is CCN(CC)S(=O)(=O)c1ccc2c(c1)ncn2CCC(=O)Nc1ccc(C)cc1C. The number of anilines is 1. The van der Waals surface area contributed by atoms with E-state index in [4.69, 9.17) is 0 Å². The smallest absolute Gasteiger partial charge is 0.243 e. The summed E-state index contributed by atoms with van der Waals surface area (Å²) in [4.78, 5) is 16.9. The molecule has 0 unspecified atom stereocenters. The minimum Gasteiger partial charge on any atom is -0.330 e. The number of carbonyl (C=O) groups is 1. The third-order valence-corrected chi connectivity index (χ3v) is 7.22.